The zero-order valence-corrected chi connectivity index (χ0v) is 18.5. The lowest BCUT2D eigenvalue weighted by Gasteiger charge is -2.30. The Bertz CT molecular complexity index is 837. The topological polar surface area (TPSA) is 49.4 Å². The van der Waals surface area contributed by atoms with Crippen molar-refractivity contribution in [2.24, 2.45) is 0 Å². The zero-order valence-electron chi connectivity index (χ0n) is 17.7. The molecule has 2 aromatic carbocycles. The van der Waals surface area contributed by atoms with Crippen molar-refractivity contribution >= 4 is 23.4 Å². The summed E-state index contributed by atoms with van der Waals surface area (Å²) in [6, 6.07) is 15.0. The first-order valence-corrected chi connectivity index (χ1v) is 10.6. The van der Waals surface area contributed by atoms with Crippen LogP contribution in [0.3, 0.4) is 0 Å². The smallest absolute Gasteiger partial charge is 0.242 e. The van der Waals surface area contributed by atoms with E-state index in [1.54, 1.807) is 11.8 Å². The van der Waals surface area contributed by atoms with Crippen molar-refractivity contribution in [2.45, 2.75) is 65.6 Å². The van der Waals surface area contributed by atoms with Crippen molar-refractivity contribution in [1.29, 1.82) is 0 Å². The molecule has 0 aromatic heterocycles. The van der Waals surface area contributed by atoms with E-state index in [0.29, 0.717) is 24.4 Å². The number of nitrogens with zero attached hydrogens (tertiary/aromatic N) is 1. The molecule has 4 nitrogen and oxygen atoms in total. The summed E-state index contributed by atoms with van der Waals surface area (Å²) in [4.78, 5) is 27.6. The highest BCUT2D eigenvalue weighted by Crippen LogP contribution is 2.19. The fraction of sp³-hybridized carbons (Fsp3) is 0.417. The quantitative estimate of drug-likeness (QED) is 0.633. The molecule has 0 heterocycles. The minimum absolute atomic E-state index is 0.0556. The minimum atomic E-state index is -0.553. The molecule has 29 heavy (non-hydrogen) atoms. The average molecular weight is 415 g/mol. The molecule has 2 rings (SSSR count). The predicted molar refractivity (Wildman–Crippen MR) is 119 cm³/mol. The van der Waals surface area contributed by atoms with E-state index in [0.717, 1.165) is 23.1 Å². The molecule has 0 aliphatic rings. The molecule has 0 radical (unpaired) electrons. The summed E-state index contributed by atoms with van der Waals surface area (Å²) >= 11 is 6.24. The van der Waals surface area contributed by atoms with E-state index in [1.165, 1.54) is 0 Å². The normalized spacial score (nSPS) is 12.9. The second kappa shape index (κ2) is 11.0. The molecule has 0 aliphatic heterocycles. The van der Waals surface area contributed by atoms with Crippen LogP contribution in [0.1, 0.15) is 50.3 Å². The van der Waals surface area contributed by atoms with Gasteiger partial charge in [-0.3, -0.25) is 9.59 Å². The van der Waals surface area contributed by atoms with Crippen LogP contribution in [0.25, 0.3) is 0 Å². The SMILES string of the molecule is CC[C@H](C)NC(=O)[C@H](C)N(Cc1ccccc1C)C(=O)CCc1ccccc1Cl. The second-order valence-electron chi connectivity index (χ2n) is 7.53. The number of carbonyl (C=O) groups excluding carboxylic acids is 2. The molecule has 0 fully saturated rings. The van der Waals surface area contributed by atoms with E-state index in [1.807, 2.05) is 69.3 Å². The van der Waals surface area contributed by atoms with Gasteiger partial charge in [0.25, 0.3) is 0 Å². The van der Waals surface area contributed by atoms with Gasteiger partial charge < -0.3 is 10.2 Å². The number of amides is 2. The fourth-order valence-electron chi connectivity index (χ4n) is 3.11. The summed E-state index contributed by atoms with van der Waals surface area (Å²) in [6.45, 7) is 8.21. The summed E-state index contributed by atoms with van der Waals surface area (Å²) in [5, 5.41) is 3.65. The third-order valence-electron chi connectivity index (χ3n) is 5.34. The van der Waals surface area contributed by atoms with Crippen molar-refractivity contribution in [1.82, 2.24) is 10.2 Å². The summed E-state index contributed by atoms with van der Waals surface area (Å²) in [5.41, 5.74) is 3.09. The Morgan fingerprint density at radius 1 is 1.03 bits per heavy atom. The number of benzene rings is 2. The van der Waals surface area contributed by atoms with Gasteiger partial charge in [0.1, 0.15) is 6.04 Å². The average Bonchev–Trinajstić information content (AvgIpc) is 2.71. The van der Waals surface area contributed by atoms with Gasteiger partial charge in [0, 0.05) is 24.0 Å². The van der Waals surface area contributed by atoms with Crippen molar-refractivity contribution in [3.05, 3.63) is 70.2 Å². The van der Waals surface area contributed by atoms with Gasteiger partial charge in [0.05, 0.1) is 0 Å². The third-order valence-corrected chi connectivity index (χ3v) is 5.71. The van der Waals surface area contributed by atoms with E-state index < -0.39 is 6.04 Å². The Morgan fingerprint density at radius 2 is 1.66 bits per heavy atom. The van der Waals surface area contributed by atoms with Crippen LogP contribution in [0, 0.1) is 6.92 Å². The summed E-state index contributed by atoms with van der Waals surface area (Å²) < 4.78 is 0. The Balaban J connectivity index is 2.18. The first kappa shape index (κ1) is 23.0. The molecule has 1 N–H and O–H groups in total. The molecular weight excluding hydrogens is 384 g/mol. The van der Waals surface area contributed by atoms with E-state index in [9.17, 15) is 9.59 Å². The van der Waals surface area contributed by atoms with Gasteiger partial charge in [-0.1, -0.05) is 61.0 Å². The maximum atomic E-state index is 13.1. The summed E-state index contributed by atoms with van der Waals surface area (Å²) in [5.74, 6) is -0.181. The lowest BCUT2D eigenvalue weighted by molar-refractivity contribution is -0.140. The first-order chi connectivity index (χ1) is 13.8. The summed E-state index contributed by atoms with van der Waals surface area (Å²) in [6.07, 6.45) is 1.69. The minimum Gasteiger partial charge on any atom is -0.352 e. The van der Waals surface area contributed by atoms with E-state index in [2.05, 4.69) is 5.32 Å². The molecule has 0 bridgehead atoms. The van der Waals surface area contributed by atoms with Gasteiger partial charge in [-0.05, 0) is 56.4 Å². The van der Waals surface area contributed by atoms with Crippen LogP contribution in [0.5, 0.6) is 0 Å². The molecule has 5 heteroatoms. The van der Waals surface area contributed by atoms with Gasteiger partial charge in [-0.2, -0.15) is 0 Å². The molecule has 0 spiro atoms. The number of rotatable bonds is 9. The molecule has 0 saturated heterocycles. The Hall–Kier alpha value is -2.33. The van der Waals surface area contributed by atoms with Crippen LogP contribution in [0.15, 0.2) is 48.5 Å². The maximum Gasteiger partial charge on any atom is 0.242 e. The first-order valence-electron chi connectivity index (χ1n) is 10.2. The van der Waals surface area contributed by atoms with Crippen LogP contribution in [0.4, 0.5) is 0 Å². The van der Waals surface area contributed by atoms with Crippen LogP contribution < -0.4 is 5.32 Å². The summed E-state index contributed by atoms with van der Waals surface area (Å²) in [7, 11) is 0. The number of hydrogen-bond acceptors (Lipinski definition) is 2. The van der Waals surface area contributed by atoms with Gasteiger partial charge in [-0.25, -0.2) is 0 Å². The van der Waals surface area contributed by atoms with Gasteiger partial charge >= 0.3 is 0 Å². The van der Waals surface area contributed by atoms with Gasteiger partial charge in [-0.15, -0.1) is 0 Å². The lowest BCUT2D eigenvalue weighted by atomic mass is 10.1. The van der Waals surface area contributed by atoms with E-state index in [4.69, 9.17) is 11.6 Å². The highest BCUT2D eigenvalue weighted by Gasteiger charge is 2.27. The molecule has 2 amide bonds. The zero-order chi connectivity index (χ0) is 21.4. The largest absolute Gasteiger partial charge is 0.352 e. The van der Waals surface area contributed by atoms with E-state index >= 15 is 0 Å². The van der Waals surface area contributed by atoms with Crippen molar-refractivity contribution in [3.63, 3.8) is 0 Å². The van der Waals surface area contributed by atoms with Crippen molar-refractivity contribution in [2.75, 3.05) is 0 Å². The van der Waals surface area contributed by atoms with Crippen LogP contribution in [-0.4, -0.2) is 28.8 Å². The molecule has 2 aromatic rings. The number of carbonyl (C=O) groups is 2. The monoisotopic (exact) mass is 414 g/mol. The van der Waals surface area contributed by atoms with Gasteiger partial charge in [0.2, 0.25) is 11.8 Å². The number of halogens is 1. The van der Waals surface area contributed by atoms with Crippen LogP contribution in [0.2, 0.25) is 5.02 Å². The highest BCUT2D eigenvalue weighted by atomic mass is 35.5. The molecule has 0 saturated carbocycles. The Morgan fingerprint density at radius 3 is 2.28 bits per heavy atom. The van der Waals surface area contributed by atoms with E-state index in [-0.39, 0.29) is 17.9 Å². The standard InChI is InChI=1S/C24H31ClN2O2/c1-5-18(3)26-24(29)19(4)27(16-21-12-7-6-10-17(21)2)23(28)15-14-20-11-8-9-13-22(20)25/h6-13,18-19H,5,14-16H2,1-4H3,(H,26,29)/t18-,19-/m0/s1. The Labute approximate surface area is 179 Å². The number of hydrogen-bond donors (Lipinski definition) is 1. The Kier molecular flexibility index (Phi) is 8.71. The molecule has 2 atom stereocenters. The van der Waals surface area contributed by atoms with Crippen LogP contribution >= 0.6 is 11.6 Å². The van der Waals surface area contributed by atoms with Gasteiger partial charge in [0.15, 0.2) is 0 Å². The van der Waals surface area contributed by atoms with Crippen LogP contribution in [-0.2, 0) is 22.6 Å². The maximum absolute atomic E-state index is 13.1. The third kappa shape index (κ3) is 6.60. The molecule has 0 aliphatic carbocycles. The predicted octanol–water partition coefficient (Wildman–Crippen LogP) is 4.91. The number of nitrogens with one attached hydrogen (secondary N) is 1. The lowest BCUT2D eigenvalue weighted by Crippen LogP contribution is -2.49. The fourth-order valence-corrected chi connectivity index (χ4v) is 3.34. The van der Waals surface area contributed by atoms with Crippen molar-refractivity contribution in [3.8, 4) is 0 Å². The number of aryl methyl sites for hydroxylation is 2. The second-order valence-corrected chi connectivity index (χ2v) is 7.94. The molecule has 156 valence electrons. The molecule has 0 unspecified atom stereocenters. The van der Waals surface area contributed by atoms with Crippen molar-refractivity contribution < 1.29 is 9.59 Å². The highest BCUT2D eigenvalue weighted by molar-refractivity contribution is 6.31. The molecular formula is C24H31ClN2O2.